The van der Waals surface area contributed by atoms with E-state index in [1.165, 1.54) is 43.8 Å². The number of hydrogen-bond acceptors (Lipinski definition) is 1. The van der Waals surface area contributed by atoms with Gasteiger partial charge in [0.05, 0.1) is 11.2 Å². The Morgan fingerprint density at radius 1 is 0.731 bits per heavy atom. The van der Waals surface area contributed by atoms with E-state index in [9.17, 15) is 0 Å². The van der Waals surface area contributed by atoms with Crippen LogP contribution in [0.25, 0.3) is 46.5 Å². The van der Waals surface area contributed by atoms with Crippen molar-refractivity contribution in [3.63, 3.8) is 0 Å². The summed E-state index contributed by atoms with van der Waals surface area (Å²) in [6, 6.07) is 44.1. The van der Waals surface area contributed by atoms with Crippen LogP contribution in [0.3, 0.4) is 0 Å². The van der Waals surface area contributed by atoms with Gasteiger partial charge in [0.2, 0.25) is 0 Å². The highest BCUT2D eigenvalue weighted by Gasteiger charge is 2.43. The average Bonchev–Trinajstić information content (AvgIpc) is 3.81. The van der Waals surface area contributed by atoms with E-state index < -0.39 is 0 Å². The monoisotopic (exact) mass is 873 g/mol. The van der Waals surface area contributed by atoms with Gasteiger partial charge in [-0.1, -0.05) is 179 Å². The summed E-state index contributed by atoms with van der Waals surface area (Å²) in [5, 5.41) is 3.68. The third kappa shape index (κ3) is 9.97. The van der Waals surface area contributed by atoms with Crippen molar-refractivity contribution in [2.75, 3.05) is 4.90 Å². The van der Waals surface area contributed by atoms with Crippen LogP contribution in [0.5, 0.6) is 0 Å². The third-order valence-electron chi connectivity index (χ3n) is 12.7. The summed E-state index contributed by atoms with van der Waals surface area (Å²) in [7, 11) is 0. The minimum Gasteiger partial charge on any atom is -0.311 e. The number of nitrogens with zero attached hydrogens (tertiary/aromatic N) is 2. The molecular formula is C65H64N2. The first kappa shape index (κ1) is 47.3. The van der Waals surface area contributed by atoms with Crippen LogP contribution in [0.4, 0.5) is 11.4 Å². The number of benzene rings is 5. The van der Waals surface area contributed by atoms with Gasteiger partial charge in [-0.05, 0) is 157 Å². The van der Waals surface area contributed by atoms with E-state index in [-0.39, 0.29) is 5.41 Å². The average molecular weight is 873 g/mol. The fourth-order valence-corrected chi connectivity index (χ4v) is 9.51. The van der Waals surface area contributed by atoms with Crippen LogP contribution >= 0.6 is 0 Å². The zero-order valence-electron chi connectivity index (χ0n) is 40.1. The molecule has 2 nitrogen and oxygen atoms in total. The van der Waals surface area contributed by atoms with Gasteiger partial charge in [0, 0.05) is 39.1 Å². The molecule has 0 bridgehead atoms. The Morgan fingerprint density at radius 2 is 1.42 bits per heavy atom. The van der Waals surface area contributed by atoms with Crippen LogP contribution in [0.15, 0.2) is 230 Å². The Hall–Kier alpha value is -7.64. The first-order valence-electron chi connectivity index (χ1n) is 23.7. The van der Waals surface area contributed by atoms with Crippen molar-refractivity contribution in [3.8, 4) is 5.69 Å². The van der Waals surface area contributed by atoms with Crippen LogP contribution in [0, 0.1) is 0 Å². The summed E-state index contributed by atoms with van der Waals surface area (Å²) in [5.41, 5.74) is 17.9. The van der Waals surface area contributed by atoms with E-state index in [0.29, 0.717) is 0 Å². The maximum atomic E-state index is 4.74. The van der Waals surface area contributed by atoms with Crippen molar-refractivity contribution in [1.82, 2.24) is 4.57 Å². The Balaban J connectivity index is 1.34. The van der Waals surface area contributed by atoms with Gasteiger partial charge in [-0.2, -0.15) is 0 Å². The molecule has 1 aromatic heterocycles. The zero-order valence-corrected chi connectivity index (χ0v) is 40.1. The van der Waals surface area contributed by atoms with Gasteiger partial charge in [-0.15, -0.1) is 5.73 Å². The smallest absolute Gasteiger partial charge is 0.0541 e. The minimum absolute atomic E-state index is 0.374. The fourth-order valence-electron chi connectivity index (χ4n) is 9.51. The van der Waals surface area contributed by atoms with Crippen molar-refractivity contribution in [2.45, 2.75) is 65.7 Å². The van der Waals surface area contributed by atoms with E-state index in [0.717, 1.165) is 70.6 Å². The molecule has 2 heteroatoms. The Labute approximate surface area is 400 Å². The molecule has 334 valence electrons. The second kappa shape index (κ2) is 22.5. The van der Waals surface area contributed by atoms with Gasteiger partial charge >= 0.3 is 0 Å². The van der Waals surface area contributed by atoms with Crippen molar-refractivity contribution in [1.29, 1.82) is 0 Å². The lowest BCUT2D eigenvalue weighted by Gasteiger charge is -2.34. The standard InChI is InChI=1S/C65H64N2/c1-9-15-18-19-26-48-65(61(33-17-11-3)50(8)58-31-22-24-34-62(58)65)54-40-42-55(43-41-54)66(49(7)36-37-51(13-5)38-39-53-29-21-20-28-52(53)27-12-4)56-44-46-57(47-45-56)67-63(14-6)59(30-16-10-2)60-32-23-25-35-64(60)67/h9-10,13-15,17-37,39-47H,1,6-7,11-12,38,48H2,2-5,8H3/b18-15-,26-19-,33-17-,37-36-,51-13+,52-27-,53-39-. The second-order valence-electron chi connectivity index (χ2n) is 16.7. The molecule has 1 aliphatic rings. The van der Waals surface area contributed by atoms with Crippen molar-refractivity contribution in [3.05, 3.63) is 269 Å². The quantitative estimate of drug-likeness (QED) is 0.0617. The zero-order chi connectivity index (χ0) is 47.2. The summed E-state index contributed by atoms with van der Waals surface area (Å²) in [4.78, 5) is 2.27. The summed E-state index contributed by atoms with van der Waals surface area (Å²) in [6.45, 7) is 23.6. The first-order chi connectivity index (χ1) is 32.8. The molecular weight excluding hydrogens is 809 g/mol. The molecule has 67 heavy (non-hydrogen) atoms. The van der Waals surface area contributed by atoms with E-state index in [1.807, 2.05) is 31.2 Å². The molecule has 7 rings (SSSR count). The number of para-hydroxylation sites is 1. The Morgan fingerprint density at radius 3 is 2.10 bits per heavy atom. The van der Waals surface area contributed by atoms with E-state index in [2.05, 4.69) is 244 Å². The largest absolute Gasteiger partial charge is 0.311 e. The molecule has 1 aliphatic carbocycles. The first-order valence-corrected chi connectivity index (χ1v) is 23.7. The molecule has 0 aliphatic heterocycles. The SMILES string of the molecule is C=C/C=C\C=C/CC1(c2ccc(N(C(=C)/C=C\C(=C/C)C/C=c3/cccc/c3=C/CC)c3ccc(-n4c(C=C)c(C=C=CC)c5ccccc54)cc3)cc2)C(/C=C\CC)=C(C)c2ccccc21. The number of rotatable bonds is 18. The summed E-state index contributed by atoms with van der Waals surface area (Å²) >= 11 is 0. The van der Waals surface area contributed by atoms with Gasteiger partial charge in [0.1, 0.15) is 0 Å². The van der Waals surface area contributed by atoms with Crippen LogP contribution in [0.2, 0.25) is 0 Å². The normalized spacial score (nSPS) is 15.6. The van der Waals surface area contributed by atoms with Crippen LogP contribution < -0.4 is 15.3 Å². The lowest BCUT2D eigenvalue weighted by atomic mass is 9.69. The number of aromatic nitrogens is 1. The van der Waals surface area contributed by atoms with Gasteiger partial charge in [-0.3, -0.25) is 0 Å². The summed E-state index contributed by atoms with van der Waals surface area (Å²) in [6.07, 6.45) is 35.6. The number of allylic oxidation sites excluding steroid dienone is 14. The maximum absolute atomic E-state index is 4.74. The van der Waals surface area contributed by atoms with Gasteiger partial charge < -0.3 is 9.47 Å². The van der Waals surface area contributed by atoms with E-state index in [1.54, 1.807) is 0 Å². The molecule has 0 N–H and O–H groups in total. The van der Waals surface area contributed by atoms with Crippen LogP contribution in [-0.4, -0.2) is 4.57 Å². The lowest BCUT2D eigenvalue weighted by molar-refractivity contribution is 0.639. The van der Waals surface area contributed by atoms with E-state index in [4.69, 9.17) is 6.58 Å². The molecule has 5 aromatic carbocycles. The Kier molecular flexibility index (Phi) is 15.9. The summed E-state index contributed by atoms with van der Waals surface area (Å²) in [5.74, 6) is 0. The van der Waals surface area contributed by atoms with Gasteiger partial charge in [0.25, 0.3) is 0 Å². The van der Waals surface area contributed by atoms with Crippen molar-refractivity contribution < 1.29 is 0 Å². The molecule has 0 spiro atoms. The number of anilines is 2. The predicted octanol–water partition coefficient (Wildman–Crippen LogP) is 16.4. The molecule has 0 amide bonds. The molecule has 0 radical (unpaired) electrons. The fraction of sp³-hybridized carbons (Fsp3) is 0.154. The van der Waals surface area contributed by atoms with Crippen molar-refractivity contribution in [2.24, 2.45) is 0 Å². The number of hydrogen-bond donors (Lipinski definition) is 0. The molecule has 0 saturated carbocycles. The lowest BCUT2D eigenvalue weighted by Crippen LogP contribution is -2.27. The molecule has 6 aromatic rings. The van der Waals surface area contributed by atoms with Crippen molar-refractivity contribution >= 4 is 52.2 Å². The molecule has 0 saturated heterocycles. The predicted molar refractivity (Wildman–Crippen MR) is 294 cm³/mol. The molecule has 1 atom stereocenters. The molecule has 1 heterocycles. The van der Waals surface area contributed by atoms with Crippen LogP contribution in [0.1, 0.15) is 88.2 Å². The summed E-state index contributed by atoms with van der Waals surface area (Å²) < 4.78 is 2.29. The third-order valence-corrected chi connectivity index (χ3v) is 12.7. The molecule has 0 fully saturated rings. The highest BCUT2D eigenvalue weighted by Crippen LogP contribution is 2.53. The highest BCUT2D eigenvalue weighted by atomic mass is 15.1. The molecule has 1 unspecified atom stereocenters. The second-order valence-corrected chi connectivity index (χ2v) is 16.7. The van der Waals surface area contributed by atoms with Gasteiger partial charge in [0.15, 0.2) is 0 Å². The number of fused-ring (bicyclic) bond motifs is 2. The highest BCUT2D eigenvalue weighted by molar-refractivity contribution is 5.95. The Bertz CT molecular complexity index is 3140. The van der Waals surface area contributed by atoms with E-state index >= 15 is 0 Å². The van der Waals surface area contributed by atoms with Crippen LogP contribution in [-0.2, 0) is 5.41 Å². The topological polar surface area (TPSA) is 8.17 Å². The minimum atomic E-state index is -0.374. The maximum Gasteiger partial charge on any atom is 0.0541 e. The van der Waals surface area contributed by atoms with Gasteiger partial charge in [-0.25, -0.2) is 0 Å².